The van der Waals surface area contributed by atoms with Gasteiger partial charge in [0.25, 0.3) is 5.91 Å². The Labute approximate surface area is 195 Å². The SMILES string of the molecule is COC(=O)c1sc2nc(C)nc(N3CCN(C(=O)c4cccc5ccccc45)CC3)c2c1C. The van der Waals surface area contributed by atoms with E-state index in [1.165, 1.54) is 18.4 Å². The first kappa shape index (κ1) is 21.3. The number of ether oxygens (including phenoxy) is 1. The van der Waals surface area contributed by atoms with Gasteiger partial charge in [0.2, 0.25) is 0 Å². The third kappa shape index (κ3) is 3.70. The lowest BCUT2D eigenvalue weighted by atomic mass is 10.0. The van der Waals surface area contributed by atoms with Crippen molar-refractivity contribution in [3.63, 3.8) is 0 Å². The molecule has 0 unspecified atom stereocenters. The summed E-state index contributed by atoms with van der Waals surface area (Å²) < 4.78 is 4.94. The van der Waals surface area contributed by atoms with Gasteiger partial charge in [0, 0.05) is 31.7 Å². The number of aryl methyl sites for hydroxylation is 2. The zero-order valence-corrected chi connectivity index (χ0v) is 19.6. The smallest absolute Gasteiger partial charge is 0.348 e. The Morgan fingerprint density at radius 2 is 1.70 bits per heavy atom. The van der Waals surface area contributed by atoms with Crippen LogP contribution in [0.25, 0.3) is 21.0 Å². The molecule has 1 fully saturated rings. The summed E-state index contributed by atoms with van der Waals surface area (Å²) in [4.78, 5) is 40.2. The summed E-state index contributed by atoms with van der Waals surface area (Å²) in [6.07, 6.45) is 0. The number of carbonyl (C=O) groups excluding carboxylic acids is 2. The van der Waals surface area contributed by atoms with E-state index in [1.807, 2.05) is 61.2 Å². The second-order valence-corrected chi connectivity index (χ2v) is 9.13. The van der Waals surface area contributed by atoms with Crippen molar-refractivity contribution in [2.75, 3.05) is 38.2 Å². The highest BCUT2D eigenvalue weighted by Gasteiger charge is 2.27. The highest BCUT2D eigenvalue weighted by atomic mass is 32.1. The van der Waals surface area contributed by atoms with E-state index in [1.54, 1.807) is 0 Å². The fourth-order valence-corrected chi connectivity index (χ4v) is 5.58. The summed E-state index contributed by atoms with van der Waals surface area (Å²) in [5, 5.41) is 2.93. The van der Waals surface area contributed by atoms with Gasteiger partial charge in [-0.2, -0.15) is 0 Å². The van der Waals surface area contributed by atoms with Crippen LogP contribution in [0.5, 0.6) is 0 Å². The van der Waals surface area contributed by atoms with Gasteiger partial charge in [-0.05, 0) is 36.2 Å². The van der Waals surface area contributed by atoms with Crippen molar-refractivity contribution >= 4 is 50.0 Å². The number of hydrogen-bond acceptors (Lipinski definition) is 7. The Morgan fingerprint density at radius 1 is 0.970 bits per heavy atom. The van der Waals surface area contributed by atoms with Crippen molar-refractivity contribution in [1.82, 2.24) is 14.9 Å². The Morgan fingerprint density at radius 3 is 2.45 bits per heavy atom. The lowest BCUT2D eigenvalue weighted by Crippen LogP contribution is -2.49. The number of methoxy groups -OCH3 is 1. The highest BCUT2D eigenvalue weighted by Crippen LogP contribution is 2.36. The summed E-state index contributed by atoms with van der Waals surface area (Å²) in [5.74, 6) is 1.17. The molecule has 1 saturated heterocycles. The van der Waals surface area contributed by atoms with E-state index in [9.17, 15) is 9.59 Å². The van der Waals surface area contributed by atoms with E-state index >= 15 is 0 Å². The summed E-state index contributed by atoms with van der Waals surface area (Å²) >= 11 is 1.34. The fourth-order valence-electron chi connectivity index (χ4n) is 4.44. The van der Waals surface area contributed by atoms with Crippen LogP contribution >= 0.6 is 11.3 Å². The average molecular weight is 461 g/mol. The van der Waals surface area contributed by atoms with E-state index in [4.69, 9.17) is 9.72 Å². The molecule has 1 amide bonds. The van der Waals surface area contributed by atoms with Gasteiger partial charge in [-0.25, -0.2) is 14.8 Å². The first-order valence-electron chi connectivity index (χ1n) is 10.9. The van der Waals surface area contributed by atoms with Crippen molar-refractivity contribution < 1.29 is 14.3 Å². The molecule has 8 heteroatoms. The number of aromatic nitrogens is 2. The maximum Gasteiger partial charge on any atom is 0.348 e. The number of nitrogens with zero attached hydrogens (tertiary/aromatic N) is 4. The number of carbonyl (C=O) groups is 2. The minimum atomic E-state index is -0.357. The lowest BCUT2D eigenvalue weighted by Gasteiger charge is -2.36. The van der Waals surface area contributed by atoms with Gasteiger partial charge in [0.1, 0.15) is 21.3 Å². The molecule has 0 radical (unpaired) electrons. The first-order chi connectivity index (χ1) is 16.0. The lowest BCUT2D eigenvalue weighted by molar-refractivity contribution is 0.0605. The molecular weight excluding hydrogens is 436 g/mol. The summed E-state index contributed by atoms with van der Waals surface area (Å²) in [7, 11) is 1.39. The molecule has 4 aromatic rings. The van der Waals surface area contributed by atoms with Gasteiger partial charge in [-0.3, -0.25) is 4.79 Å². The second kappa shape index (κ2) is 8.44. The van der Waals surface area contributed by atoms with Crippen LogP contribution in [0.3, 0.4) is 0 Å². The molecule has 1 aliphatic heterocycles. The van der Waals surface area contributed by atoms with Crippen LogP contribution in [0.15, 0.2) is 42.5 Å². The number of amides is 1. The molecule has 0 N–H and O–H groups in total. The Balaban J connectivity index is 1.42. The summed E-state index contributed by atoms with van der Waals surface area (Å²) in [6, 6.07) is 13.8. The zero-order valence-electron chi connectivity index (χ0n) is 18.8. The monoisotopic (exact) mass is 460 g/mol. The normalized spacial score (nSPS) is 14.2. The van der Waals surface area contributed by atoms with E-state index in [-0.39, 0.29) is 11.9 Å². The molecular formula is C25H24N4O3S. The topological polar surface area (TPSA) is 75.6 Å². The third-order valence-corrected chi connectivity index (χ3v) is 7.31. The minimum Gasteiger partial charge on any atom is -0.465 e. The van der Waals surface area contributed by atoms with Crippen molar-refractivity contribution in [2.24, 2.45) is 0 Å². The molecule has 0 bridgehead atoms. The number of hydrogen-bond donors (Lipinski definition) is 0. The molecule has 1 aliphatic rings. The zero-order chi connectivity index (χ0) is 23.1. The molecule has 2 aromatic heterocycles. The molecule has 33 heavy (non-hydrogen) atoms. The number of piperazine rings is 1. The average Bonchev–Trinajstić information content (AvgIpc) is 3.18. The molecule has 0 atom stereocenters. The number of thiophene rings is 1. The number of rotatable bonds is 3. The quantitative estimate of drug-likeness (QED) is 0.427. The van der Waals surface area contributed by atoms with Crippen molar-refractivity contribution in [2.45, 2.75) is 13.8 Å². The molecule has 0 saturated carbocycles. The second-order valence-electron chi connectivity index (χ2n) is 8.13. The van der Waals surface area contributed by atoms with Gasteiger partial charge >= 0.3 is 5.97 Å². The van der Waals surface area contributed by atoms with Crippen LogP contribution in [0.1, 0.15) is 31.4 Å². The Bertz CT molecular complexity index is 1380. The fraction of sp³-hybridized carbons (Fsp3) is 0.280. The number of anilines is 1. The van der Waals surface area contributed by atoms with Crippen LogP contribution < -0.4 is 4.90 Å². The van der Waals surface area contributed by atoms with Crippen LogP contribution in [0.2, 0.25) is 0 Å². The van der Waals surface area contributed by atoms with Crippen molar-refractivity contribution in [1.29, 1.82) is 0 Å². The van der Waals surface area contributed by atoms with Crippen LogP contribution in [-0.4, -0.2) is 60.0 Å². The van der Waals surface area contributed by atoms with E-state index in [0.717, 1.165) is 37.9 Å². The third-order valence-electron chi connectivity index (χ3n) is 6.14. The number of esters is 1. The molecule has 3 heterocycles. The molecule has 5 rings (SSSR count). The predicted molar refractivity (Wildman–Crippen MR) is 130 cm³/mol. The van der Waals surface area contributed by atoms with Crippen LogP contribution in [0, 0.1) is 13.8 Å². The van der Waals surface area contributed by atoms with Crippen molar-refractivity contribution in [3.8, 4) is 0 Å². The summed E-state index contributed by atoms with van der Waals surface area (Å²) in [6.45, 7) is 6.28. The van der Waals surface area contributed by atoms with Gasteiger partial charge in [-0.15, -0.1) is 11.3 Å². The first-order valence-corrected chi connectivity index (χ1v) is 11.7. The van der Waals surface area contributed by atoms with E-state index < -0.39 is 0 Å². The van der Waals surface area contributed by atoms with Gasteiger partial charge in [0.05, 0.1) is 12.5 Å². The molecule has 0 spiro atoms. The number of benzene rings is 2. The van der Waals surface area contributed by atoms with Gasteiger partial charge in [-0.1, -0.05) is 36.4 Å². The van der Waals surface area contributed by atoms with Gasteiger partial charge < -0.3 is 14.5 Å². The standard InChI is InChI=1S/C25H24N4O3S/c1-15-20-22(26-16(2)27-23(20)33-21(15)25(31)32-3)28-11-13-29(14-12-28)24(30)19-10-6-8-17-7-4-5-9-18(17)19/h4-10H,11-14H2,1-3H3. The maximum atomic E-state index is 13.3. The largest absolute Gasteiger partial charge is 0.465 e. The molecule has 2 aromatic carbocycles. The van der Waals surface area contributed by atoms with Crippen LogP contribution in [-0.2, 0) is 4.74 Å². The molecule has 168 valence electrons. The number of fused-ring (bicyclic) bond motifs is 2. The highest BCUT2D eigenvalue weighted by molar-refractivity contribution is 7.20. The van der Waals surface area contributed by atoms with E-state index in [2.05, 4.69) is 9.88 Å². The van der Waals surface area contributed by atoms with Gasteiger partial charge in [0.15, 0.2) is 0 Å². The van der Waals surface area contributed by atoms with Crippen molar-refractivity contribution in [3.05, 3.63) is 64.3 Å². The Kier molecular flexibility index (Phi) is 5.46. The van der Waals surface area contributed by atoms with E-state index in [0.29, 0.717) is 36.9 Å². The summed E-state index contributed by atoms with van der Waals surface area (Å²) in [5.41, 5.74) is 1.57. The molecule has 7 nitrogen and oxygen atoms in total. The van der Waals surface area contributed by atoms with Crippen LogP contribution in [0.4, 0.5) is 5.82 Å². The minimum absolute atomic E-state index is 0.0511. The maximum absolute atomic E-state index is 13.3. The predicted octanol–water partition coefficient (Wildman–Crippen LogP) is 4.21. The Hall–Kier alpha value is -3.52. The molecule has 0 aliphatic carbocycles.